The number of ether oxygens (including phenoxy) is 1. The number of amides is 2. The summed E-state index contributed by atoms with van der Waals surface area (Å²) in [6, 6.07) is 11.7. The lowest BCUT2D eigenvalue weighted by atomic mass is 10.1. The van der Waals surface area contributed by atoms with Crippen molar-refractivity contribution in [1.29, 1.82) is 0 Å². The molecule has 1 heterocycles. The van der Waals surface area contributed by atoms with Crippen molar-refractivity contribution in [2.75, 3.05) is 25.0 Å². The van der Waals surface area contributed by atoms with Crippen LogP contribution in [0.15, 0.2) is 42.5 Å². The number of benzene rings is 2. The van der Waals surface area contributed by atoms with Gasteiger partial charge in [0, 0.05) is 18.1 Å². The average Bonchev–Trinajstić information content (AvgIpc) is 3.15. The summed E-state index contributed by atoms with van der Waals surface area (Å²) >= 11 is 11.9. The summed E-state index contributed by atoms with van der Waals surface area (Å²) in [4.78, 5) is 26.6. The van der Waals surface area contributed by atoms with E-state index in [1.165, 1.54) is 0 Å². The normalized spacial score (nSPS) is 13.5. The van der Waals surface area contributed by atoms with E-state index in [0.29, 0.717) is 27.0 Å². The molecular weight excluding hydrogens is 375 g/mol. The molecule has 0 saturated carbocycles. The molecule has 0 spiro atoms. The molecule has 1 N–H and O–H groups in total. The third kappa shape index (κ3) is 4.48. The fourth-order valence-corrected chi connectivity index (χ4v) is 3.25. The molecule has 1 aliphatic heterocycles. The van der Waals surface area contributed by atoms with E-state index in [9.17, 15) is 9.59 Å². The monoisotopic (exact) mass is 392 g/mol. The first kappa shape index (κ1) is 18.5. The summed E-state index contributed by atoms with van der Waals surface area (Å²) in [6.45, 7) is 1.27. The molecule has 0 aliphatic carbocycles. The van der Waals surface area contributed by atoms with Gasteiger partial charge in [0.15, 0.2) is 6.61 Å². The van der Waals surface area contributed by atoms with E-state index in [-0.39, 0.29) is 18.4 Å². The zero-order valence-corrected chi connectivity index (χ0v) is 15.5. The van der Waals surface area contributed by atoms with Gasteiger partial charge in [-0.2, -0.15) is 0 Å². The van der Waals surface area contributed by atoms with Crippen LogP contribution in [-0.4, -0.2) is 36.4 Å². The van der Waals surface area contributed by atoms with Crippen LogP contribution in [0.25, 0.3) is 0 Å². The second kappa shape index (κ2) is 8.43. The molecule has 5 nitrogen and oxygen atoms in total. The number of likely N-dealkylation sites (tertiary alicyclic amines) is 1. The van der Waals surface area contributed by atoms with Crippen molar-refractivity contribution in [3.63, 3.8) is 0 Å². The molecule has 0 atom stereocenters. The van der Waals surface area contributed by atoms with Gasteiger partial charge in [-0.25, -0.2) is 0 Å². The minimum absolute atomic E-state index is 0.0694. The van der Waals surface area contributed by atoms with Gasteiger partial charge in [0.2, 0.25) is 0 Å². The Balaban J connectivity index is 1.65. The lowest BCUT2D eigenvalue weighted by molar-refractivity contribution is -0.118. The number of hydrogen-bond donors (Lipinski definition) is 1. The number of anilines is 1. The van der Waals surface area contributed by atoms with Crippen LogP contribution in [0, 0.1) is 0 Å². The van der Waals surface area contributed by atoms with Crippen LogP contribution in [0.4, 0.5) is 5.69 Å². The van der Waals surface area contributed by atoms with Crippen molar-refractivity contribution in [2.24, 2.45) is 0 Å². The third-order valence-electron chi connectivity index (χ3n) is 4.08. The first-order chi connectivity index (χ1) is 12.5. The highest BCUT2D eigenvalue weighted by atomic mass is 35.5. The Labute approximate surface area is 161 Å². The summed E-state index contributed by atoms with van der Waals surface area (Å²) in [5, 5.41) is 3.55. The van der Waals surface area contributed by atoms with Crippen molar-refractivity contribution in [1.82, 2.24) is 4.90 Å². The predicted octanol–water partition coefficient (Wildman–Crippen LogP) is 4.25. The number of carbonyl (C=O) groups is 2. The predicted molar refractivity (Wildman–Crippen MR) is 102 cm³/mol. The zero-order chi connectivity index (χ0) is 18.5. The van der Waals surface area contributed by atoms with E-state index in [1.807, 2.05) is 0 Å². The maximum absolute atomic E-state index is 12.6. The molecule has 26 heavy (non-hydrogen) atoms. The van der Waals surface area contributed by atoms with Crippen LogP contribution >= 0.6 is 23.2 Å². The van der Waals surface area contributed by atoms with Crippen LogP contribution in [-0.2, 0) is 4.79 Å². The molecule has 7 heteroatoms. The number of halogens is 2. The van der Waals surface area contributed by atoms with Gasteiger partial charge >= 0.3 is 0 Å². The minimum atomic E-state index is -0.377. The van der Waals surface area contributed by atoms with Crippen LogP contribution in [0.2, 0.25) is 10.0 Å². The first-order valence-electron chi connectivity index (χ1n) is 8.30. The lowest BCUT2D eigenvalue weighted by Gasteiger charge is -2.18. The smallest absolute Gasteiger partial charge is 0.262 e. The zero-order valence-electron chi connectivity index (χ0n) is 14.0. The Morgan fingerprint density at radius 1 is 1.08 bits per heavy atom. The SMILES string of the molecule is O=C(COc1ccc(Cl)cc1Cl)Nc1ccccc1C(=O)N1CCCC1. The number of hydrogen-bond acceptors (Lipinski definition) is 3. The van der Waals surface area contributed by atoms with E-state index in [1.54, 1.807) is 47.4 Å². The molecule has 1 fully saturated rings. The Hall–Kier alpha value is -2.24. The highest BCUT2D eigenvalue weighted by Gasteiger charge is 2.22. The maximum atomic E-state index is 12.6. The van der Waals surface area contributed by atoms with E-state index < -0.39 is 0 Å². The standard InChI is InChI=1S/C19H18Cl2N2O3/c20-13-7-8-17(15(21)11-13)26-12-18(24)22-16-6-2-1-5-14(16)19(25)23-9-3-4-10-23/h1-2,5-8,11H,3-4,9-10,12H2,(H,22,24). The number of rotatable bonds is 5. The fraction of sp³-hybridized carbons (Fsp3) is 0.263. The van der Waals surface area contributed by atoms with Crippen molar-refractivity contribution in [3.05, 3.63) is 58.1 Å². The van der Waals surface area contributed by atoms with Gasteiger partial charge in [0.25, 0.3) is 11.8 Å². The minimum Gasteiger partial charge on any atom is -0.482 e. The molecule has 1 saturated heterocycles. The van der Waals surface area contributed by atoms with Gasteiger partial charge in [0.1, 0.15) is 5.75 Å². The fourth-order valence-electron chi connectivity index (χ4n) is 2.79. The average molecular weight is 393 g/mol. The Bertz CT molecular complexity index is 820. The van der Waals surface area contributed by atoms with Crippen LogP contribution < -0.4 is 10.1 Å². The summed E-state index contributed by atoms with van der Waals surface area (Å²) in [7, 11) is 0. The molecule has 0 radical (unpaired) electrons. The van der Waals surface area contributed by atoms with Crippen LogP contribution in [0.3, 0.4) is 0 Å². The molecule has 0 unspecified atom stereocenters. The summed E-state index contributed by atoms with van der Waals surface area (Å²) in [5.74, 6) is -0.0783. The number of nitrogens with one attached hydrogen (secondary N) is 1. The van der Waals surface area contributed by atoms with Crippen LogP contribution in [0.1, 0.15) is 23.2 Å². The van der Waals surface area contributed by atoms with Gasteiger partial charge in [0.05, 0.1) is 16.3 Å². The van der Waals surface area contributed by atoms with Crippen molar-refractivity contribution < 1.29 is 14.3 Å². The van der Waals surface area contributed by atoms with E-state index in [0.717, 1.165) is 25.9 Å². The molecule has 136 valence electrons. The summed E-state index contributed by atoms with van der Waals surface area (Å²) < 4.78 is 5.43. The van der Waals surface area contributed by atoms with Gasteiger partial charge in [-0.05, 0) is 43.2 Å². The molecule has 0 aromatic heterocycles. The van der Waals surface area contributed by atoms with Gasteiger partial charge in [-0.1, -0.05) is 35.3 Å². The summed E-state index contributed by atoms with van der Waals surface area (Å²) in [5.41, 5.74) is 0.951. The molecule has 2 aromatic carbocycles. The number of nitrogens with zero attached hydrogens (tertiary/aromatic N) is 1. The van der Waals surface area contributed by atoms with Gasteiger partial charge < -0.3 is 15.0 Å². The highest BCUT2D eigenvalue weighted by molar-refractivity contribution is 6.35. The molecule has 3 rings (SSSR count). The lowest BCUT2D eigenvalue weighted by Crippen LogP contribution is -2.29. The summed E-state index contributed by atoms with van der Waals surface area (Å²) in [6.07, 6.45) is 2.02. The van der Waals surface area contributed by atoms with E-state index >= 15 is 0 Å². The van der Waals surface area contributed by atoms with Gasteiger partial charge in [-0.15, -0.1) is 0 Å². The molecule has 1 aliphatic rings. The van der Waals surface area contributed by atoms with Gasteiger partial charge in [-0.3, -0.25) is 9.59 Å². The Morgan fingerprint density at radius 3 is 2.54 bits per heavy atom. The Morgan fingerprint density at radius 2 is 1.81 bits per heavy atom. The molecule has 0 bridgehead atoms. The highest BCUT2D eigenvalue weighted by Crippen LogP contribution is 2.27. The largest absolute Gasteiger partial charge is 0.482 e. The second-order valence-electron chi connectivity index (χ2n) is 5.96. The van der Waals surface area contributed by atoms with E-state index in [4.69, 9.17) is 27.9 Å². The van der Waals surface area contributed by atoms with Crippen LogP contribution in [0.5, 0.6) is 5.75 Å². The van der Waals surface area contributed by atoms with Crippen molar-refractivity contribution in [2.45, 2.75) is 12.8 Å². The first-order valence-corrected chi connectivity index (χ1v) is 9.06. The van der Waals surface area contributed by atoms with E-state index in [2.05, 4.69) is 5.32 Å². The number of carbonyl (C=O) groups excluding carboxylic acids is 2. The molecule has 2 aromatic rings. The van der Waals surface area contributed by atoms with Crippen molar-refractivity contribution in [3.8, 4) is 5.75 Å². The number of para-hydroxylation sites is 1. The van der Waals surface area contributed by atoms with Crippen molar-refractivity contribution >= 4 is 40.7 Å². The molecular formula is C19H18Cl2N2O3. The maximum Gasteiger partial charge on any atom is 0.262 e. The topological polar surface area (TPSA) is 58.6 Å². The third-order valence-corrected chi connectivity index (χ3v) is 4.61. The Kier molecular flexibility index (Phi) is 6.01. The molecule has 2 amide bonds. The second-order valence-corrected chi connectivity index (χ2v) is 6.80. The quantitative estimate of drug-likeness (QED) is 0.827.